The number of benzene rings is 1. The van der Waals surface area contributed by atoms with Crippen molar-refractivity contribution in [2.24, 2.45) is 0 Å². The lowest BCUT2D eigenvalue weighted by atomic mass is 9.94. The maximum absolute atomic E-state index is 5.92. The van der Waals surface area contributed by atoms with Gasteiger partial charge in [-0.2, -0.15) is 0 Å². The molecule has 0 saturated carbocycles. The van der Waals surface area contributed by atoms with Crippen LogP contribution in [0, 0.1) is 0 Å². The van der Waals surface area contributed by atoms with Gasteiger partial charge in [0, 0.05) is 23.9 Å². The zero-order valence-corrected chi connectivity index (χ0v) is 12.4. The van der Waals surface area contributed by atoms with Crippen molar-refractivity contribution >= 4 is 5.69 Å². The molecule has 0 radical (unpaired) electrons. The van der Waals surface area contributed by atoms with Gasteiger partial charge < -0.3 is 15.2 Å². The molecule has 1 aliphatic rings. The number of rotatable bonds is 3. The summed E-state index contributed by atoms with van der Waals surface area (Å²) in [7, 11) is 1.61. The monoisotopic (exact) mass is 289 g/mol. The van der Waals surface area contributed by atoms with Gasteiger partial charge in [0.15, 0.2) is 5.82 Å². The Hall–Kier alpha value is -2.15. The highest BCUT2D eigenvalue weighted by Gasteiger charge is 2.41. The van der Waals surface area contributed by atoms with E-state index in [1.165, 1.54) is 0 Å². The first-order chi connectivity index (χ1) is 10.0. The lowest BCUT2D eigenvalue weighted by molar-refractivity contribution is 0.0706. The fraction of sp³-hybridized carbons (Fsp3) is 0.500. The highest BCUT2D eigenvalue weighted by molar-refractivity contribution is 5.64. The number of nitrogen functional groups attached to an aromatic ring is 1. The Morgan fingerprint density at radius 2 is 2.24 bits per heavy atom. The molecule has 7 nitrogen and oxygen atoms in total. The van der Waals surface area contributed by atoms with Crippen molar-refractivity contribution < 1.29 is 9.47 Å². The number of hydrogen-bond donors (Lipinski definition) is 1. The molecule has 1 aliphatic heterocycles. The lowest BCUT2D eigenvalue weighted by Crippen LogP contribution is -2.38. The molecule has 2 unspecified atom stereocenters. The molecule has 1 aromatic carbocycles. The smallest absolute Gasteiger partial charge is 0.182 e. The average Bonchev–Trinajstić information content (AvgIpc) is 3.07. The Kier molecular flexibility index (Phi) is 3.29. The molecule has 0 bridgehead atoms. The second kappa shape index (κ2) is 5.00. The van der Waals surface area contributed by atoms with Gasteiger partial charge in [-0.1, -0.05) is 0 Å². The number of methoxy groups -OCH3 is 1. The molecule has 0 spiro atoms. The summed E-state index contributed by atoms with van der Waals surface area (Å²) in [6.45, 7) is 4.85. The van der Waals surface area contributed by atoms with E-state index in [1.54, 1.807) is 13.2 Å². The molecule has 0 aliphatic carbocycles. The Morgan fingerprint density at radius 3 is 2.90 bits per heavy atom. The summed E-state index contributed by atoms with van der Waals surface area (Å²) in [5.41, 5.74) is 7.10. The van der Waals surface area contributed by atoms with Crippen molar-refractivity contribution in [1.29, 1.82) is 0 Å². The fourth-order valence-electron chi connectivity index (χ4n) is 2.68. The van der Waals surface area contributed by atoms with Gasteiger partial charge in [0.1, 0.15) is 5.75 Å². The minimum absolute atomic E-state index is 0.0442. The molecule has 2 N–H and O–H groups in total. The molecule has 21 heavy (non-hydrogen) atoms. The molecule has 7 heteroatoms. The molecule has 2 heterocycles. The standard InChI is InChI=1S/C14H19N5O2/c1-9-14(2,4-5-21-9)19-13(16-17-18-19)10-6-11(15)8-12(7-10)20-3/h6-9H,4-5,15H2,1-3H3. The summed E-state index contributed by atoms with van der Waals surface area (Å²) in [5.74, 6) is 1.35. The molecule has 1 aromatic heterocycles. The molecule has 112 valence electrons. The van der Waals surface area contributed by atoms with Crippen molar-refractivity contribution in [3.8, 4) is 17.1 Å². The van der Waals surface area contributed by atoms with Crippen LogP contribution in [-0.2, 0) is 10.3 Å². The highest BCUT2D eigenvalue weighted by Crippen LogP contribution is 2.36. The van der Waals surface area contributed by atoms with Gasteiger partial charge in [-0.05, 0) is 42.8 Å². The van der Waals surface area contributed by atoms with Gasteiger partial charge >= 0.3 is 0 Å². The van der Waals surface area contributed by atoms with Gasteiger partial charge in [-0.15, -0.1) is 5.10 Å². The Balaban J connectivity index is 2.09. The molecule has 1 fully saturated rings. The fourth-order valence-corrected chi connectivity index (χ4v) is 2.68. The van der Waals surface area contributed by atoms with Crippen LogP contribution in [0.15, 0.2) is 18.2 Å². The first-order valence-electron chi connectivity index (χ1n) is 6.90. The third kappa shape index (κ3) is 2.23. The summed E-state index contributed by atoms with van der Waals surface area (Å²) in [5, 5.41) is 12.2. The summed E-state index contributed by atoms with van der Waals surface area (Å²) in [6.07, 6.45) is 0.911. The summed E-state index contributed by atoms with van der Waals surface area (Å²) in [6, 6.07) is 5.48. The third-order valence-corrected chi connectivity index (χ3v) is 4.23. The normalized spacial score (nSPS) is 25.2. The summed E-state index contributed by atoms with van der Waals surface area (Å²) < 4.78 is 12.8. The Bertz CT molecular complexity index is 657. The number of tetrazole rings is 1. The van der Waals surface area contributed by atoms with Crippen molar-refractivity contribution in [3.05, 3.63) is 18.2 Å². The van der Waals surface area contributed by atoms with Crippen LogP contribution >= 0.6 is 0 Å². The van der Waals surface area contributed by atoms with Crippen LogP contribution < -0.4 is 10.5 Å². The van der Waals surface area contributed by atoms with Gasteiger partial charge in [0.25, 0.3) is 0 Å². The van der Waals surface area contributed by atoms with E-state index in [1.807, 2.05) is 23.7 Å². The van der Waals surface area contributed by atoms with E-state index < -0.39 is 0 Å². The van der Waals surface area contributed by atoms with E-state index >= 15 is 0 Å². The van der Waals surface area contributed by atoms with Crippen LogP contribution in [0.2, 0.25) is 0 Å². The second-order valence-electron chi connectivity index (χ2n) is 5.53. The van der Waals surface area contributed by atoms with E-state index in [0.717, 1.165) is 12.0 Å². The van der Waals surface area contributed by atoms with Gasteiger partial charge in [-0.3, -0.25) is 0 Å². The number of ether oxygens (including phenoxy) is 2. The first kappa shape index (κ1) is 13.8. The van der Waals surface area contributed by atoms with Crippen LogP contribution in [0.5, 0.6) is 5.75 Å². The second-order valence-corrected chi connectivity index (χ2v) is 5.53. The Labute approximate surface area is 123 Å². The van der Waals surface area contributed by atoms with E-state index in [0.29, 0.717) is 23.9 Å². The molecular formula is C14H19N5O2. The number of anilines is 1. The maximum atomic E-state index is 5.92. The largest absolute Gasteiger partial charge is 0.497 e. The van der Waals surface area contributed by atoms with E-state index in [9.17, 15) is 0 Å². The minimum Gasteiger partial charge on any atom is -0.497 e. The molecule has 3 rings (SSSR count). The molecule has 2 atom stereocenters. The van der Waals surface area contributed by atoms with Crippen molar-refractivity contribution in [2.45, 2.75) is 31.9 Å². The molecule has 0 amide bonds. The quantitative estimate of drug-likeness (QED) is 0.860. The SMILES string of the molecule is COc1cc(N)cc(-c2nnnn2C2(C)CCOC2C)c1. The van der Waals surface area contributed by atoms with Crippen LogP contribution in [0.3, 0.4) is 0 Å². The van der Waals surface area contributed by atoms with Crippen molar-refractivity contribution in [1.82, 2.24) is 20.2 Å². The number of hydrogen-bond acceptors (Lipinski definition) is 6. The molecule has 2 aromatic rings. The zero-order valence-electron chi connectivity index (χ0n) is 12.4. The van der Waals surface area contributed by atoms with Crippen LogP contribution in [0.25, 0.3) is 11.4 Å². The first-order valence-corrected chi connectivity index (χ1v) is 6.90. The number of nitrogens with two attached hydrogens (primary N) is 1. The highest BCUT2D eigenvalue weighted by atomic mass is 16.5. The summed E-state index contributed by atoms with van der Waals surface area (Å²) in [4.78, 5) is 0. The predicted octanol–water partition coefficient (Wildman–Crippen LogP) is 1.45. The van der Waals surface area contributed by atoms with Crippen LogP contribution in [0.1, 0.15) is 20.3 Å². The average molecular weight is 289 g/mol. The van der Waals surface area contributed by atoms with Crippen molar-refractivity contribution in [2.75, 3.05) is 19.5 Å². The van der Waals surface area contributed by atoms with E-state index in [2.05, 4.69) is 22.4 Å². The van der Waals surface area contributed by atoms with Gasteiger partial charge in [0.2, 0.25) is 0 Å². The maximum Gasteiger partial charge on any atom is 0.182 e. The van der Waals surface area contributed by atoms with Crippen molar-refractivity contribution in [3.63, 3.8) is 0 Å². The Morgan fingerprint density at radius 1 is 1.43 bits per heavy atom. The predicted molar refractivity (Wildman–Crippen MR) is 77.9 cm³/mol. The van der Waals surface area contributed by atoms with E-state index in [-0.39, 0.29) is 11.6 Å². The molecular weight excluding hydrogens is 270 g/mol. The zero-order chi connectivity index (χ0) is 15.0. The topological polar surface area (TPSA) is 88.1 Å². The minimum atomic E-state index is -0.267. The number of nitrogens with zero attached hydrogens (tertiary/aromatic N) is 4. The lowest BCUT2D eigenvalue weighted by Gasteiger charge is -2.28. The van der Waals surface area contributed by atoms with E-state index in [4.69, 9.17) is 15.2 Å². The van der Waals surface area contributed by atoms with Gasteiger partial charge in [-0.25, -0.2) is 4.68 Å². The third-order valence-electron chi connectivity index (χ3n) is 4.23. The van der Waals surface area contributed by atoms with Crippen LogP contribution in [0.4, 0.5) is 5.69 Å². The summed E-state index contributed by atoms with van der Waals surface area (Å²) >= 11 is 0. The number of aromatic nitrogens is 4. The van der Waals surface area contributed by atoms with Crippen LogP contribution in [-0.4, -0.2) is 40.0 Å². The molecule has 1 saturated heterocycles. The van der Waals surface area contributed by atoms with Gasteiger partial charge in [0.05, 0.1) is 18.8 Å².